The van der Waals surface area contributed by atoms with E-state index in [1.807, 2.05) is 18.2 Å². The highest BCUT2D eigenvalue weighted by Crippen LogP contribution is 2.29. The van der Waals surface area contributed by atoms with E-state index in [4.69, 9.17) is 11.8 Å². The highest BCUT2D eigenvalue weighted by atomic mass is 16.3. The zero-order valence-corrected chi connectivity index (χ0v) is 14.6. The van der Waals surface area contributed by atoms with Crippen LogP contribution in [0.1, 0.15) is 16.7 Å². The molecule has 0 saturated carbocycles. The molecule has 3 rings (SSSR count). The first-order valence-electron chi connectivity index (χ1n) is 8.21. The van der Waals surface area contributed by atoms with Crippen LogP contribution in [0.2, 0.25) is 0 Å². The maximum atomic E-state index is 9.98. The largest absolute Gasteiger partial charge is 0.509 e. The molecule has 6 heteroatoms. The molecule has 0 aliphatic heterocycles. The number of aromatic hydroxyl groups is 2. The van der Waals surface area contributed by atoms with Gasteiger partial charge in [-0.15, -0.1) is 0 Å². The Morgan fingerprint density at radius 1 is 0.857 bits per heavy atom. The van der Waals surface area contributed by atoms with E-state index in [1.165, 1.54) is 24.6 Å². The predicted octanol–water partition coefficient (Wildman–Crippen LogP) is 5.02. The van der Waals surface area contributed by atoms with E-state index in [-0.39, 0.29) is 11.5 Å². The van der Waals surface area contributed by atoms with Crippen molar-refractivity contribution in [1.82, 2.24) is 0 Å². The molecule has 0 unspecified atom stereocenters. The lowest BCUT2D eigenvalue weighted by molar-refractivity contribution is 0.474. The van der Waals surface area contributed by atoms with Crippen LogP contribution in [-0.2, 0) is 0 Å². The molecule has 0 radical (unpaired) electrons. The number of nitrogens with zero attached hydrogens (tertiary/aromatic N) is 4. The topological polar surface area (TPSA) is 93.3 Å². The van der Waals surface area contributed by atoms with E-state index in [2.05, 4.69) is 14.8 Å². The SMILES string of the molecule is [C-]#[N+]c1ccc(C=Nc2ccccc2N=Cc2ccc(C#N)cc2O)c(O)c1. The van der Waals surface area contributed by atoms with Crippen LogP contribution in [0.25, 0.3) is 4.85 Å². The summed E-state index contributed by atoms with van der Waals surface area (Å²) < 4.78 is 0. The number of nitriles is 1. The van der Waals surface area contributed by atoms with Crippen molar-refractivity contribution in [3.05, 3.63) is 88.8 Å². The molecule has 6 nitrogen and oxygen atoms in total. The molecule has 0 bridgehead atoms. The van der Waals surface area contributed by atoms with Crippen LogP contribution in [0.3, 0.4) is 0 Å². The first-order valence-corrected chi connectivity index (χ1v) is 8.21. The van der Waals surface area contributed by atoms with Crippen molar-refractivity contribution < 1.29 is 10.2 Å². The van der Waals surface area contributed by atoms with Gasteiger partial charge in [-0.05, 0) is 36.4 Å². The number of phenolic OH excluding ortho intramolecular Hbond substituents is 2. The third-order valence-corrected chi connectivity index (χ3v) is 3.87. The van der Waals surface area contributed by atoms with Crippen LogP contribution < -0.4 is 0 Å². The molecular formula is C22H14N4O2. The second-order valence-electron chi connectivity index (χ2n) is 5.75. The van der Waals surface area contributed by atoms with E-state index in [0.29, 0.717) is 33.8 Å². The van der Waals surface area contributed by atoms with Crippen molar-refractivity contribution in [2.75, 3.05) is 0 Å². The van der Waals surface area contributed by atoms with Crippen molar-refractivity contribution >= 4 is 29.5 Å². The maximum Gasteiger partial charge on any atom is 0.190 e. The van der Waals surface area contributed by atoms with E-state index in [9.17, 15) is 10.2 Å². The lowest BCUT2D eigenvalue weighted by Gasteiger charge is -2.02. The lowest BCUT2D eigenvalue weighted by atomic mass is 10.1. The summed E-state index contributed by atoms with van der Waals surface area (Å²) in [6, 6.07) is 18.3. The Balaban J connectivity index is 1.88. The smallest absolute Gasteiger partial charge is 0.190 e. The number of hydrogen-bond donors (Lipinski definition) is 2. The van der Waals surface area contributed by atoms with Crippen LogP contribution in [0, 0.1) is 17.9 Å². The molecule has 0 aromatic heterocycles. The minimum Gasteiger partial charge on any atom is -0.509 e. The number of benzene rings is 3. The molecule has 2 N–H and O–H groups in total. The Morgan fingerprint density at radius 3 is 1.93 bits per heavy atom. The molecular weight excluding hydrogens is 352 g/mol. The molecule has 0 heterocycles. The average Bonchev–Trinajstić information content (AvgIpc) is 2.72. The third-order valence-electron chi connectivity index (χ3n) is 3.87. The molecule has 3 aromatic rings. The second-order valence-corrected chi connectivity index (χ2v) is 5.75. The minimum atomic E-state index is -0.0337. The summed E-state index contributed by atoms with van der Waals surface area (Å²) in [5, 5.41) is 28.8. The van der Waals surface area contributed by atoms with Gasteiger partial charge in [0.2, 0.25) is 0 Å². The number of para-hydroxylation sites is 2. The molecule has 0 atom stereocenters. The summed E-state index contributed by atoms with van der Waals surface area (Å²) in [5.74, 6) is -0.0608. The van der Waals surface area contributed by atoms with Crippen LogP contribution in [0.4, 0.5) is 17.1 Å². The fraction of sp³-hybridized carbons (Fsp3) is 0. The van der Waals surface area contributed by atoms with Gasteiger partial charge >= 0.3 is 0 Å². The first-order chi connectivity index (χ1) is 13.6. The Labute approximate surface area is 161 Å². The van der Waals surface area contributed by atoms with Crippen molar-refractivity contribution in [2.24, 2.45) is 9.98 Å². The third kappa shape index (κ3) is 4.21. The Bertz CT molecular complexity index is 1080. The van der Waals surface area contributed by atoms with Crippen molar-refractivity contribution in [3.8, 4) is 17.6 Å². The van der Waals surface area contributed by atoms with Gasteiger partial charge in [0.1, 0.15) is 11.5 Å². The minimum absolute atomic E-state index is 0.0271. The molecule has 3 aromatic carbocycles. The molecule has 0 fully saturated rings. The monoisotopic (exact) mass is 366 g/mol. The van der Waals surface area contributed by atoms with Gasteiger partial charge in [-0.3, -0.25) is 9.98 Å². The van der Waals surface area contributed by atoms with E-state index >= 15 is 0 Å². The zero-order chi connectivity index (χ0) is 19.9. The molecule has 134 valence electrons. The van der Waals surface area contributed by atoms with Gasteiger partial charge in [-0.25, -0.2) is 4.85 Å². The molecule has 0 amide bonds. The maximum absolute atomic E-state index is 9.98. The summed E-state index contributed by atoms with van der Waals surface area (Å²) in [7, 11) is 0. The number of hydrogen-bond acceptors (Lipinski definition) is 5. The van der Waals surface area contributed by atoms with Crippen LogP contribution in [0.5, 0.6) is 11.5 Å². The van der Waals surface area contributed by atoms with Crippen LogP contribution in [0.15, 0.2) is 70.6 Å². The van der Waals surface area contributed by atoms with Gasteiger partial charge in [0, 0.05) is 23.6 Å². The van der Waals surface area contributed by atoms with Gasteiger partial charge in [0.05, 0.1) is 29.6 Å². The Morgan fingerprint density at radius 2 is 1.43 bits per heavy atom. The lowest BCUT2D eigenvalue weighted by Crippen LogP contribution is -1.84. The molecule has 0 spiro atoms. The van der Waals surface area contributed by atoms with Gasteiger partial charge in [-0.2, -0.15) is 5.26 Å². The quantitative estimate of drug-likeness (QED) is 0.501. The molecule has 0 aliphatic rings. The van der Waals surface area contributed by atoms with E-state index < -0.39 is 0 Å². The first kappa shape index (κ1) is 18.4. The summed E-state index contributed by atoms with van der Waals surface area (Å²) in [4.78, 5) is 12.0. The summed E-state index contributed by atoms with van der Waals surface area (Å²) >= 11 is 0. The fourth-order valence-corrected chi connectivity index (χ4v) is 2.39. The standard InChI is InChI=1S/C22H14N4O2/c1-24-18-9-8-17(22(28)11-18)14-26-20-5-3-2-4-19(20)25-13-16-7-6-15(12-23)10-21(16)27/h2-11,13-14,27-28H. The fourth-order valence-electron chi connectivity index (χ4n) is 2.39. The Hall–Kier alpha value is -4.42. The van der Waals surface area contributed by atoms with Crippen LogP contribution >= 0.6 is 0 Å². The van der Waals surface area contributed by atoms with E-state index in [0.717, 1.165) is 0 Å². The average molecular weight is 366 g/mol. The highest BCUT2D eigenvalue weighted by molar-refractivity contribution is 5.89. The van der Waals surface area contributed by atoms with Crippen molar-refractivity contribution in [2.45, 2.75) is 0 Å². The molecule has 28 heavy (non-hydrogen) atoms. The zero-order valence-electron chi connectivity index (χ0n) is 14.6. The normalized spacial score (nSPS) is 10.8. The van der Waals surface area contributed by atoms with Gasteiger partial charge in [0.15, 0.2) is 5.69 Å². The number of rotatable bonds is 4. The van der Waals surface area contributed by atoms with Gasteiger partial charge < -0.3 is 10.2 Å². The summed E-state index contributed by atoms with van der Waals surface area (Å²) in [6.07, 6.45) is 2.99. The summed E-state index contributed by atoms with van der Waals surface area (Å²) in [6.45, 7) is 6.96. The molecule has 0 aliphatic carbocycles. The van der Waals surface area contributed by atoms with E-state index in [1.54, 1.807) is 36.4 Å². The highest BCUT2D eigenvalue weighted by Gasteiger charge is 2.03. The van der Waals surface area contributed by atoms with Crippen LogP contribution in [-0.4, -0.2) is 22.6 Å². The number of phenols is 2. The van der Waals surface area contributed by atoms with Crippen molar-refractivity contribution in [3.63, 3.8) is 0 Å². The predicted molar refractivity (Wildman–Crippen MR) is 108 cm³/mol. The summed E-state index contributed by atoms with van der Waals surface area (Å²) in [5.41, 5.74) is 2.81. The van der Waals surface area contributed by atoms with Gasteiger partial charge in [-0.1, -0.05) is 24.3 Å². The van der Waals surface area contributed by atoms with Gasteiger partial charge in [0.25, 0.3) is 0 Å². The van der Waals surface area contributed by atoms with Crippen molar-refractivity contribution in [1.29, 1.82) is 5.26 Å². The number of aliphatic imine (C=N–C) groups is 2. The molecule has 0 saturated heterocycles. The second kappa shape index (κ2) is 8.31. The Kier molecular flexibility index (Phi) is 5.45.